The summed E-state index contributed by atoms with van der Waals surface area (Å²) in [4.78, 5) is 30.3. The first-order valence-corrected chi connectivity index (χ1v) is 11.7. The number of thioether (sulfide) groups is 1. The van der Waals surface area contributed by atoms with E-state index in [2.05, 4.69) is 29.4 Å². The van der Waals surface area contributed by atoms with Crippen LogP contribution in [0.15, 0.2) is 58.5 Å². The molecule has 4 rings (SSSR count). The predicted molar refractivity (Wildman–Crippen MR) is 128 cm³/mol. The van der Waals surface area contributed by atoms with Crippen LogP contribution in [0.1, 0.15) is 48.4 Å². The van der Waals surface area contributed by atoms with E-state index in [4.69, 9.17) is 4.74 Å². The number of anilines is 1. The van der Waals surface area contributed by atoms with E-state index in [9.17, 15) is 9.59 Å². The number of benzene rings is 2. The van der Waals surface area contributed by atoms with Gasteiger partial charge in [0.1, 0.15) is 11.6 Å². The van der Waals surface area contributed by atoms with E-state index in [-0.39, 0.29) is 24.0 Å². The molecule has 166 valence electrons. The highest BCUT2D eigenvalue weighted by Gasteiger charge is 2.33. The van der Waals surface area contributed by atoms with Crippen LogP contribution in [-0.4, -0.2) is 21.6 Å². The van der Waals surface area contributed by atoms with Crippen molar-refractivity contribution in [1.82, 2.24) is 9.55 Å². The van der Waals surface area contributed by atoms with E-state index in [1.54, 1.807) is 0 Å². The number of aromatic nitrogens is 2. The smallest absolute Gasteiger partial charge is 0.279 e. The zero-order valence-electron chi connectivity index (χ0n) is 18.7. The monoisotopic (exact) mass is 449 g/mol. The lowest BCUT2D eigenvalue weighted by molar-refractivity contribution is -0.116. The number of rotatable bonds is 6. The lowest BCUT2D eigenvalue weighted by atomic mass is 9.86. The molecule has 1 amide bonds. The summed E-state index contributed by atoms with van der Waals surface area (Å²) in [5.41, 5.74) is 3.41. The summed E-state index contributed by atoms with van der Waals surface area (Å²) in [6, 6.07) is 15.7. The summed E-state index contributed by atoms with van der Waals surface area (Å²) in [7, 11) is 1.84. The Kier molecular flexibility index (Phi) is 6.37. The number of nitrogens with zero attached hydrogens (tertiary/aromatic N) is 2. The molecule has 1 aliphatic rings. The van der Waals surface area contributed by atoms with Crippen LogP contribution in [0.4, 0.5) is 5.82 Å². The van der Waals surface area contributed by atoms with Gasteiger partial charge in [0.15, 0.2) is 5.16 Å². The SMILES string of the molecule is Cc1ccccc1CSc1nc(=O)c2c(n1C)NC(=O)C[C@@H]2c1ccccc1OC(C)C. The molecule has 6 nitrogen and oxygen atoms in total. The van der Waals surface area contributed by atoms with Crippen molar-refractivity contribution in [2.45, 2.75) is 50.1 Å². The minimum absolute atomic E-state index is 0.0192. The largest absolute Gasteiger partial charge is 0.491 e. The highest BCUT2D eigenvalue weighted by Crippen LogP contribution is 2.40. The Bertz CT molecular complexity index is 1220. The lowest BCUT2D eigenvalue weighted by Crippen LogP contribution is -2.33. The quantitative estimate of drug-likeness (QED) is 0.438. The molecular formula is C25H27N3O3S. The standard InChI is InChI=1S/C25H27N3O3S/c1-15(2)31-20-12-8-7-11-18(20)19-13-21(29)26-23-22(19)24(30)27-25(28(23)4)32-14-17-10-6-5-9-16(17)3/h5-12,15,19H,13-14H2,1-4H3,(H,26,29)/t19-/m1/s1. The van der Waals surface area contributed by atoms with E-state index >= 15 is 0 Å². The van der Waals surface area contributed by atoms with Crippen molar-refractivity contribution < 1.29 is 9.53 Å². The summed E-state index contributed by atoms with van der Waals surface area (Å²) >= 11 is 1.49. The van der Waals surface area contributed by atoms with Crippen molar-refractivity contribution in [3.63, 3.8) is 0 Å². The van der Waals surface area contributed by atoms with Crippen molar-refractivity contribution in [1.29, 1.82) is 0 Å². The van der Waals surface area contributed by atoms with Crippen molar-refractivity contribution in [2.24, 2.45) is 7.05 Å². The second-order valence-electron chi connectivity index (χ2n) is 8.25. The summed E-state index contributed by atoms with van der Waals surface area (Å²) in [5.74, 6) is 1.35. The number of nitrogens with one attached hydrogen (secondary N) is 1. The molecule has 0 spiro atoms. The van der Waals surface area contributed by atoms with Gasteiger partial charge in [0.2, 0.25) is 5.91 Å². The number of amides is 1. The number of hydrogen-bond donors (Lipinski definition) is 1. The van der Waals surface area contributed by atoms with E-state index in [1.807, 2.05) is 61.9 Å². The Hall–Kier alpha value is -3.06. The molecule has 1 N–H and O–H groups in total. The van der Waals surface area contributed by atoms with Gasteiger partial charge in [0.25, 0.3) is 5.56 Å². The average Bonchev–Trinajstić information content (AvgIpc) is 2.75. The Morgan fingerprint density at radius 2 is 1.88 bits per heavy atom. The van der Waals surface area contributed by atoms with Crippen LogP contribution in [0.3, 0.4) is 0 Å². The number of aryl methyl sites for hydroxylation is 1. The van der Waals surface area contributed by atoms with Crippen LogP contribution < -0.4 is 15.6 Å². The maximum atomic E-state index is 13.2. The van der Waals surface area contributed by atoms with Gasteiger partial charge in [0, 0.05) is 30.7 Å². The molecule has 3 aromatic rings. The van der Waals surface area contributed by atoms with E-state index in [0.29, 0.717) is 28.0 Å². The summed E-state index contributed by atoms with van der Waals surface area (Å²) in [5, 5.41) is 3.48. The molecule has 0 aliphatic carbocycles. The van der Waals surface area contributed by atoms with Gasteiger partial charge in [-0.1, -0.05) is 54.2 Å². The second kappa shape index (κ2) is 9.20. The zero-order chi connectivity index (χ0) is 22.8. The first-order valence-electron chi connectivity index (χ1n) is 10.7. The van der Waals surface area contributed by atoms with Gasteiger partial charge in [-0.25, -0.2) is 0 Å². The fourth-order valence-corrected chi connectivity index (χ4v) is 5.01. The molecule has 1 aliphatic heterocycles. The Balaban J connectivity index is 1.74. The molecule has 1 aromatic heterocycles. The third kappa shape index (κ3) is 4.43. The summed E-state index contributed by atoms with van der Waals surface area (Å²) in [6.07, 6.45) is 0.159. The van der Waals surface area contributed by atoms with Crippen molar-refractivity contribution in [3.05, 3.63) is 81.1 Å². The summed E-state index contributed by atoms with van der Waals surface area (Å²) < 4.78 is 7.79. The van der Waals surface area contributed by atoms with Gasteiger partial charge in [-0.2, -0.15) is 4.98 Å². The number of carbonyl (C=O) groups excluding carboxylic acids is 1. The molecular weight excluding hydrogens is 422 g/mol. The summed E-state index contributed by atoms with van der Waals surface area (Å²) in [6.45, 7) is 5.98. The fourth-order valence-electron chi connectivity index (χ4n) is 3.97. The normalized spacial score (nSPS) is 15.4. The molecule has 0 saturated carbocycles. The van der Waals surface area contributed by atoms with E-state index < -0.39 is 5.92 Å². The molecule has 0 radical (unpaired) electrons. The van der Waals surface area contributed by atoms with E-state index in [0.717, 1.165) is 5.56 Å². The van der Waals surface area contributed by atoms with Crippen LogP contribution in [0.2, 0.25) is 0 Å². The number of fused-ring (bicyclic) bond motifs is 1. The predicted octanol–water partition coefficient (Wildman–Crippen LogP) is 4.64. The zero-order valence-corrected chi connectivity index (χ0v) is 19.5. The first-order chi connectivity index (χ1) is 15.3. The van der Waals surface area contributed by atoms with Gasteiger partial charge in [-0.3, -0.25) is 9.59 Å². The van der Waals surface area contributed by atoms with Gasteiger partial charge >= 0.3 is 0 Å². The third-order valence-corrected chi connectivity index (χ3v) is 6.65. The molecule has 32 heavy (non-hydrogen) atoms. The number of ether oxygens (including phenoxy) is 1. The average molecular weight is 450 g/mol. The van der Waals surface area contributed by atoms with Crippen LogP contribution >= 0.6 is 11.8 Å². The fraction of sp³-hybridized carbons (Fsp3) is 0.320. The highest BCUT2D eigenvalue weighted by atomic mass is 32.2. The topological polar surface area (TPSA) is 73.2 Å². The third-order valence-electron chi connectivity index (χ3n) is 5.58. The van der Waals surface area contributed by atoms with E-state index in [1.165, 1.54) is 22.9 Å². The molecule has 1 atom stereocenters. The second-order valence-corrected chi connectivity index (χ2v) is 9.19. The molecule has 2 aromatic carbocycles. The molecule has 0 bridgehead atoms. The Morgan fingerprint density at radius 3 is 2.62 bits per heavy atom. The van der Waals surface area contributed by atoms with Crippen molar-refractivity contribution >= 4 is 23.5 Å². The maximum absolute atomic E-state index is 13.2. The Morgan fingerprint density at radius 1 is 1.16 bits per heavy atom. The molecule has 7 heteroatoms. The van der Waals surface area contributed by atoms with Crippen molar-refractivity contribution in [2.75, 3.05) is 5.32 Å². The number of para-hydroxylation sites is 1. The highest BCUT2D eigenvalue weighted by molar-refractivity contribution is 7.98. The first kappa shape index (κ1) is 22.1. The van der Waals surface area contributed by atoms with Crippen LogP contribution in [0.25, 0.3) is 0 Å². The van der Waals surface area contributed by atoms with Gasteiger partial charge in [0.05, 0.1) is 11.7 Å². The lowest BCUT2D eigenvalue weighted by Gasteiger charge is -2.28. The maximum Gasteiger partial charge on any atom is 0.279 e. The van der Waals surface area contributed by atoms with Crippen LogP contribution in [0, 0.1) is 6.92 Å². The Labute approximate surface area is 192 Å². The van der Waals surface area contributed by atoms with Crippen LogP contribution in [-0.2, 0) is 17.6 Å². The van der Waals surface area contributed by atoms with Crippen LogP contribution in [0.5, 0.6) is 5.75 Å². The molecule has 0 fully saturated rings. The van der Waals surface area contributed by atoms with Gasteiger partial charge in [-0.15, -0.1) is 0 Å². The number of hydrogen-bond acceptors (Lipinski definition) is 5. The minimum Gasteiger partial charge on any atom is -0.491 e. The molecule has 0 unspecified atom stereocenters. The minimum atomic E-state index is -0.407. The van der Waals surface area contributed by atoms with Gasteiger partial charge in [-0.05, 0) is 38.0 Å². The van der Waals surface area contributed by atoms with Crippen molar-refractivity contribution in [3.8, 4) is 5.75 Å². The number of carbonyl (C=O) groups is 1. The molecule has 2 heterocycles. The molecule has 0 saturated heterocycles. The van der Waals surface area contributed by atoms with Gasteiger partial charge < -0.3 is 14.6 Å².